The average molecular weight is 246 g/mol. The molecule has 2 aliphatic rings. The molecule has 2 atom stereocenters. The highest BCUT2D eigenvalue weighted by atomic mass is 16.5. The summed E-state index contributed by atoms with van der Waals surface area (Å²) in [5, 5.41) is 0. The van der Waals surface area contributed by atoms with Crippen molar-refractivity contribution in [3.05, 3.63) is 29.3 Å². The van der Waals surface area contributed by atoms with E-state index >= 15 is 0 Å². The van der Waals surface area contributed by atoms with E-state index in [-0.39, 0.29) is 11.7 Å². The third kappa shape index (κ3) is 1.74. The van der Waals surface area contributed by atoms with Crippen molar-refractivity contribution in [1.82, 2.24) is 0 Å². The Balaban J connectivity index is 2.00. The fourth-order valence-electron chi connectivity index (χ4n) is 3.31. The molecule has 3 nitrogen and oxygen atoms in total. The summed E-state index contributed by atoms with van der Waals surface area (Å²) in [5.74, 6) is 1.19. The Morgan fingerprint density at radius 3 is 3.00 bits per heavy atom. The molecule has 1 aromatic carbocycles. The molecule has 3 rings (SSSR count). The van der Waals surface area contributed by atoms with Gasteiger partial charge >= 0.3 is 0 Å². The molecule has 0 radical (unpaired) electrons. The quantitative estimate of drug-likeness (QED) is 0.764. The first-order chi connectivity index (χ1) is 8.63. The number of ketones is 1. The van der Waals surface area contributed by atoms with Crippen LogP contribution in [0.15, 0.2) is 18.2 Å². The summed E-state index contributed by atoms with van der Waals surface area (Å²) in [6.45, 7) is 1.99. The lowest BCUT2D eigenvalue weighted by molar-refractivity contribution is -0.155. The summed E-state index contributed by atoms with van der Waals surface area (Å²) in [4.78, 5) is 11.9. The number of ether oxygens (including phenoxy) is 2. The number of aryl methyl sites for hydroxylation is 1. The molecule has 0 saturated carbocycles. The van der Waals surface area contributed by atoms with Crippen LogP contribution >= 0.6 is 0 Å². The maximum atomic E-state index is 11.9. The van der Waals surface area contributed by atoms with E-state index in [1.165, 1.54) is 11.1 Å². The van der Waals surface area contributed by atoms with Gasteiger partial charge in [-0.05, 0) is 43.0 Å². The number of hydrogen-bond acceptors (Lipinski definition) is 3. The molecule has 1 aliphatic carbocycles. The summed E-state index contributed by atoms with van der Waals surface area (Å²) in [7, 11) is 1.68. The van der Waals surface area contributed by atoms with Crippen LogP contribution in [0.2, 0.25) is 0 Å². The van der Waals surface area contributed by atoms with Gasteiger partial charge in [-0.1, -0.05) is 6.07 Å². The van der Waals surface area contributed by atoms with E-state index in [1.54, 1.807) is 7.11 Å². The predicted molar refractivity (Wildman–Crippen MR) is 67.8 cm³/mol. The van der Waals surface area contributed by atoms with Crippen LogP contribution in [0.4, 0.5) is 0 Å². The highest BCUT2D eigenvalue weighted by Crippen LogP contribution is 2.47. The molecular formula is C15H18O3. The van der Waals surface area contributed by atoms with Crippen LogP contribution in [-0.4, -0.2) is 19.0 Å². The maximum Gasteiger partial charge on any atom is 0.138 e. The molecule has 0 bridgehead atoms. The number of Topliss-reactive ketones (excluding diaryl/α,β-unsaturated/α-hetero) is 1. The molecule has 1 aliphatic heterocycles. The second kappa shape index (κ2) is 4.09. The zero-order valence-corrected chi connectivity index (χ0v) is 10.9. The third-order valence-electron chi connectivity index (χ3n) is 4.03. The molecular weight excluding hydrogens is 228 g/mol. The van der Waals surface area contributed by atoms with Gasteiger partial charge in [0.05, 0.1) is 13.2 Å². The number of carbonyl (C=O) groups excluding carboxylic acids is 1. The highest BCUT2D eigenvalue weighted by Gasteiger charge is 2.45. The number of rotatable bonds is 1. The van der Waals surface area contributed by atoms with Gasteiger partial charge in [0, 0.05) is 12.8 Å². The van der Waals surface area contributed by atoms with Gasteiger partial charge < -0.3 is 9.47 Å². The van der Waals surface area contributed by atoms with Crippen LogP contribution in [0, 0.1) is 0 Å². The molecule has 1 saturated heterocycles. The Kier molecular flexibility index (Phi) is 2.67. The van der Waals surface area contributed by atoms with Crippen molar-refractivity contribution in [2.45, 2.75) is 44.3 Å². The van der Waals surface area contributed by atoms with Crippen LogP contribution in [-0.2, 0) is 21.6 Å². The van der Waals surface area contributed by atoms with Gasteiger partial charge in [-0.3, -0.25) is 4.79 Å². The standard InChI is InChI=1S/C15H18O3/c1-10-7-12(16)9-15(18-10)6-5-11-8-13(17-2)3-4-14(11)15/h3-4,8,10H,5-7,9H2,1-2H3/t10-,15-/m0/s1. The molecule has 3 heteroatoms. The van der Waals surface area contributed by atoms with Crippen LogP contribution < -0.4 is 4.74 Å². The van der Waals surface area contributed by atoms with Gasteiger partial charge in [-0.2, -0.15) is 0 Å². The van der Waals surface area contributed by atoms with Crippen LogP contribution in [0.25, 0.3) is 0 Å². The number of fused-ring (bicyclic) bond motifs is 2. The van der Waals surface area contributed by atoms with Gasteiger partial charge in [0.15, 0.2) is 0 Å². The number of benzene rings is 1. The van der Waals surface area contributed by atoms with E-state index in [4.69, 9.17) is 9.47 Å². The SMILES string of the molecule is COc1ccc2c(c1)CC[C@]21CC(=O)C[C@H](C)O1. The van der Waals surface area contributed by atoms with Crippen molar-refractivity contribution in [3.63, 3.8) is 0 Å². The van der Waals surface area contributed by atoms with Crippen molar-refractivity contribution in [3.8, 4) is 5.75 Å². The van der Waals surface area contributed by atoms with E-state index in [0.29, 0.717) is 18.6 Å². The van der Waals surface area contributed by atoms with Crippen molar-refractivity contribution >= 4 is 5.78 Å². The molecule has 1 fully saturated rings. The molecule has 0 amide bonds. The van der Waals surface area contributed by atoms with Gasteiger partial charge in [0.1, 0.15) is 17.1 Å². The van der Waals surface area contributed by atoms with Crippen LogP contribution in [0.5, 0.6) is 5.75 Å². The first kappa shape index (κ1) is 11.7. The monoisotopic (exact) mass is 246 g/mol. The molecule has 0 aromatic heterocycles. The lowest BCUT2D eigenvalue weighted by atomic mass is 9.86. The molecule has 1 spiro atoms. The van der Waals surface area contributed by atoms with Crippen molar-refractivity contribution in [2.24, 2.45) is 0 Å². The minimum absolute atomic E-state index is 0.0271. The topological polar surface area (TPSA) is 35.5 Å². The fraction of sp³-hybridized carbons (Fsp3) is 0.533. The van der Waals surface area contributed by atoms with E-state index in [2.05, 4.69) is 12.1 Å². The van der Waals surface area contributed by atoms with E-state index < -0.39 is 0 Å². The summed E-state index contributed by atoms with van der Waals surface area (Å²) in [6, 6.07) is 6.09. The Morgan fingerprint density at radius 2 is 2.28 bits per heavy atom. The smallest absolute Gasteiger partial charge is 0.138 e. The van der Waals surface area contributed by atoms with E-state index in [0.717, 1.165) is 18.6 Å². The summed E-state index contributed by atoms with van der Waals surface area (Å²) in [6.07, 6.45) is 2.97. The fourth-order valence-corrected chi connectivity index (χ4v) is 3.31. The molecule has 18 heavy (non-hydrogen) atoms. The van der Waals surface area contributed by atoms with Gasteiger partial charge in [0.2, 0.25) is 0 Å². The van der Waals surface area contributed by atoms with Gasteiger partial charge in [-0.25, -0.2) is 0 Å². The maximum absolute atomic E-state index is 11.9. The minimum atomic E-state index is -0.365. The van der Waals surface area contributed by atoms with Crippen molar-refractivity contribution < 1.29 is 14.3 Å². The van der Waals surface area contributed by atoms with Gasteiger partial charge in [0.25, 0.3) is 0 Å². The van der Waals surface area contributed by atoms with Crippen LogP contribution in [0.1, 0.15) is 37.3 Å². The third-order valence-corrected chi connectivity index (χ3v) is 4.03. The summed E-state index contributed by atoms with van der Waals surface area (Å²) < 4.78 is 11.4. The van der Waals surface area contributed by atoms with Crippen molar-refractivity contribution in [2.75, 3.05) is 7.11 Å². The molecule has 1 aromatic rings. The first-order valence-electron chi connectivity index (χ1n) is 6.50. The minimum Gasteiger partial charge on any atom is -0.497 e. The first-order valence-corrected chi connectivity index (χ1v) is 6.50. The highest BCUT2D eigenvalue weighted by molar-refractivity contribution is 5.81. The number of carbonyl (C=O) groups is 1. The lowest BCUT2D eigenvalue weighted by Crippen LogP contribution is -2.39. The predicted octanol–water partition coefficient (Wildman–Crippen LogP) is 2.60. The zero-order valence-electron chi connectivity index (χ0n) is 10.9. The Bertz CT molecular complexity index is 495. The average Bonchev–Trinajstić information content (AvgIpc) is 2.66. The summed E-state index contributed by atoms with van der Waals surface area (Å²) >= 11 is 0. The largest absolute Gasteiger partial charge is 0.497 e. The van der Waals surface area contributed by atoms with Crippen molar-refractivity contribution in [1.29, 1.82) is 0 Å². The lowest BCUT2D eigenvalue weighted by Gasteiger charge is -2.37. The van der Waals surface area contributed by atoms with Gasteiger partial charge in [-0.15, -0.1) is 0 Å². The normalized spacial score (nSPS) is 30.6. The summed E-state index contributed by atoms with van der Waals surface area (Å²) in [5.41, 5.74) is 2.08. The Morgan fingerprint density at radius 1 is 1.44 bits per heavy atom. The number of hydrogen-bond donors (Lipinski definition) is 0. The molecule has 0 unspecified atom stereocenters. The second-order valence-electron chi connectivity index (χ2n) is 5.37. The zero-order chi connectivity index (χ0) is 12.8. The molecule has 1 heterocycles. The second-order valence-corrected chi connectivity index (χ2v) is 5.37. The molecule has 96 valence electrons. The van der Waals surface area contributed by atoms with Crippen LogP contribution in [0.3, 0.4) is 0 Å². The van der Waals surface area contributed by atoms with E-state index in [9.17, 15) is 4.79 Å². The molecule has 0 N–H and O–H groups in total. The number of methoxy groups -OCH3 is 1. The Labute approximate surface area is 107 Å². The van der Waals surface area contributed by atoms with E-state index in [1.807, 2.05) is 13.0 Å². The Hall–Kier alpha value is -1.35.